The summed E-state index contributed by atoms with van der Waals surface area (Å²) in [5, 5.41) is 6.69. The van der Waals surface area contributed by atoms with Gasteiger partial charge in [0.25, 0.3) is 0 Å². The molecule has 0 spiro atoms. The molecule has 2 aromatic heterocycles. The molecule has 12 heteroatoms. The van der Waals surface area contributed by atoms with E-state index in [1.807, 2.05) is 11.5 Å². The van der Waals surface area contributed by atoms with Crippen LogP contribution >= 0.6 is 8.22 Å². The van der Waals surface area contributed by atoms with Crippen LogP contribution in [0.25, 0.3) is 11.2 Å². The Balaban J connectivity index is 1.61. The van der Waals surface area contributed by atoms with Gasteiger partial charge in [0.15, 0.2) is 11.5 Å². The Hall–Kier alpha value is -2.20. The van der Waals surface area contributed by atoms with Crippen molar-refractivity contribution in [2.24, 2.45) is 5.41 Å². The molecular formula is C25H42N7O4P. The van der Waals surface area contributed by atoms with Gasteiger partial charge >= 0.3 is 5.97 Å². The van der Waals surface area contributed by atoms with Gasteiger partial charge < -0.3 is 24.6 Å². The predicted octanol–water partition coefficient (Wildman–Crippen LogP) is 3.53. The van der Waals surface area contributed by atoms with Crippen molar-refractivity contribution in [1.82, 2.24) is 29.7 Å². The number of nitrogens with two attached hydrogens (primary N) is 1. The van der Waals surface area contributed by atoms with E-state index < -0.39 is 19.3 Å². The molecular weight excluding hydrogens is 493 g/mol. The van der Waals surface area contributed by atoms with E-state index in [1.54, 1.807) is 34.0 Å². The molecule has 1 aliphatic rings. The summed E-state index contributed by atoms with van der Waals surface area (Å²) >= 11 is 0. The minimum atomic E-state index is -1.27. The second kappa shape index (κ2) is 11.7. The standard InChI is InChI=1S/C25H42N7O4P/c1-8-25(9-2)10-18(11-25)36-22(34)24(6,7)31-37(30-23(4,5)13-33)16-35-17(3)12-32-15-29-19-20(26)27-14-28-21(19)32/h13-15,17-18,30-31H,8-12,16H2,1-7H3,(H2,26,27,28). The van der Waals surface area contributed by atoms with Crippen molar-refractivity contribution in [3.8, 4) is 0 Å². The number of carbonyl (C=O) groups is 2. The number of anilines is 1. The summed E-state index contributed by atoms with van der Waals surface area (Å²) in [4.78, 5) is 37.3. The number of carbonyl (C=O) groups excluding carboxylic acids is 2. The third kappa shape index (κ3) is 7.22. The van der Waals surface area contributed by atoms with Crippen LogP contribution in [0.4, 0.5) is 5.82 Å². The van der Waals surface area contributed by atoms with Crippen LogP contribution < -0.4 is 15.9 Å². The molecule has 206 valence electrons. The van der Waals surface area contributed by atoms with Crippen molar-refractivity contribution in [2.45, 2.75) is 104 Å². The van der Waals surface area contributed by atoms with Crippen molar-refractivity contribution in [3.05, 3.63) is 12.7 Å². The second-order valence-electron chi connectivity index (χ2n) is 11.2. The van der Waals surface area contributed by atoms with Crippen LogP contribution in [-0.2, 0) is 25.6 Å². The lowest BCUT2D eigenvalue weighted by Crippen LogP contribution is -2.52. The quantitative estimate of drug-likeness (QED) is 0.186. The van der Waals surface area contributed by atoms with Crippen molar-refractivity contribution >= 4 is 37.5 Å². The van der Waals surface area contributed by atoms with E-state index in [-0.39, 0.29) is 24.5 Å². The van der Waals surface area contributed by atoms with Gasteiger partial charge in [-0.25, -0.2) is 15.0 Å². The maximum atomic E-state index is 13.1. The first kappa shape index (κ1) is 29.4. The molecule has 0 aliphatic heterocycles. The van der Waals surface area contributed by atoms with Gasteiger partial charge in [-0.05, 0) is 52.9 Å². The highest BCUT2D eigenvalue weighted by Gasteiger charge is 2.45. The minimum Gasteiger partial charge on any atom is -0.461 e. The van der Waals surface area contributed by atoms with Gasteiger partial charge in [0.2, 0.25) is 0 Å². The molecule has 0 aromatic carbocycles. The van der Waals surface area contributed by atoms with Gasteiger partial charge in [-0.3, -0.25) is 15.0 Å². The first-order valence-electron chi connectivity index (χ1n) is 12.9. The highest BCUT2D eigenvalue weighted by molar-refractivity contribution is 7.53. The Morgan fingerprint density at radius 1 is 1.24 bits per heavy atom. The Kier molecular flexibility index (Phi) is 9.27. The van der Waals surface area contributed by atoms with E-state index in [1.165, 1.54) is 6.33 Å². The second-order valence-corrected chi connectivity index (χ2v) is 12.8. The molecule has 0 saturated heterocycles. The van der Waals surface area contributed by atoms with E-state index in [0.717, 1.165) is 32.0 Å². The number of nitrogen functional groups attached to an aromatic ring is 1. The van der Waals surface area contributed by atoms with Crippen LogP contribution in [0.1, 0.15) is 74.1 Å². The fourth-order valence-corrected chi connectivity index (χ4v) is 6.63. The van der Waals surface area contributed by atoms with E-state index in [4.69, 9.17) is 15.2 Å². The van der Waals surface area contributed by atoms with Gasteiger partial charge in [0.05, 0.1) is 39.1 Å². The monoisotopic (exact) mass is 535 g/mol. The number of esters is 1. The fraction of sp³-hybridized carbons (Fsp3) is 0.720. The average Bonchev–Trinajstić information content (AvgIpc) is 3.23. The highest BCUT2D eigenvalue weighted by Crippen LogP contribution is 2.48. The first-order valence-corrected chi connectivity index (χ1v) is 14.4. The normalized spacial score (nSPS) is 17.8. The fourth-order valence-electron chi connectivity index (χ4n) is 4.53. The highest BCUT2D eigenvalue weighted by atomic mass is 31.1. The van der Waals surface area contributed by atoms with Crippen molar-refractivity contribution in [1.29, 1.82) is 0 Å². The molecule has 1 fully saturated rings. The van der Waals surface area contributed by atoms with Crippen molar-refractivity contribution < 1.29 is 19.1 Å². The van der Waals surface area contributed by atoms with Gasteiger partial charge in [-0.1, -0.05) is 26.7 Å². The summed E-state index contributed by atoms with van der Waals surface area (Å²) in [5.41, 5.74) is 5.61. The minimum absolute atomic E-state index is 0.0433. The molecule has 2 atom stereocenters. The Bertz CT molecular complexity index is 1080. The number of hydrogen-bond donors (Lipinski definition) is 3. The summed E-state index contributed by atoms with van der Waals surface area (Å²) in [6, 6.07) is 0. The lowest BCUT2D eigenvalue weighted by atomic mass is 9.63. The molecule has 0 amide bonds. The zero-order valence-corrected chi connectivity index (χ0v) is 24.0. The molecule has 2 unspecified atom stereocenters. The topological polar surface area (TPSA) is 146 Å². The van der Waals surface area contributed by atoms with Crippen molar-refractivity contribution in [2.75, 3.05) is 12.1 Å². The maximum Gasteiger partial charge on any atom is 0.326 e. The number of aldehydes is 1. The molecule has 4 N–H and O–H groups in total. The van der Waals surface area contributed by atoms with E-state index in [2.05, 4.69) is 39.0 Å². The van der Waals surface area contributed by atoms with Crippen LogP contribution in [0, 0.1) is 5.41 Å². The summed E-state index contributed by atoms with van der Waals surface area (Å²) in [5.74, 6) is 0.0307. The number of rotatable bonds is 14. The molecule has 3 rings (SSSR count). The number of imidazole rings is 1. The summed E-state index contributed by atoms with van der Waals surface area (Å²) in [6.45, 7) is 14.0. The number of nitrogens with one attached hydrogen (secondary N) is 2. The van der Waals surface area contributed by atoms with Crippen LogP contribution in [0.2, 0.25) is 0 Å². The Morgan fingerprint density at radius 2 is 1.92 bits per heavy atom. The van der Waals surface area contributed by atoms with Gasteiger partial charge in [-0.2, -0.15) is 0 Å². The SMILES string of the molecule is CCC1(CC)CC(OC(=O)C(C)(C)NP(COC(C)Cn2cnc3c(N)ncnc32)NC(C)(C)C=O)C1. The van der Waals surface area contributed by atoms with Gasteiger partial charge in [0, 0.05) is 0 Å². The van der Waals surface area contributed by atoms with Gasteiger partial charge in [-0.15, -0.1) is 0 Å². The molecule has 2 aromatic rings. The Morgan fingerprint density at radius 3 is 2.54 bits per heavy atom. The smallest absolute Gasteiger partial charge is 0.326 e. The first-order chi connectivity index (χ1) is 17.3. The summed E-state index contributed by atoms with van der Waals surface area (Å²) in [7, 11) is -1.27. The number of fused-ring (bicyclic) bond motifs is 1. The average molecular weight is 536 g/mol. The lowest BCUT2D eigenvalue weighted by molar-refractivity contribution is -0.167. The molecule has 0 bridgehead atoms. The van der Waals surface area contributed by atoms with Crippen LogP contribution in [0.3, 0.4) is 0 Å². The van der Waals surface area contributed by atoms with E-state index in [9.17, 15) is 9.59 Å². The number of nitrogens with zero attached hydrogens (tertiary/aromatic N) is 4. The van der Waals surface area contributed by atoms with E-state index in [0.29, 0.717) is 28.9 Å². The predicted molar refractivity (Wildman–Crippen MR) is 145 cm³/mol. The third-order valence-corrected chi connectivity index (χ3v) is 9.19. The molecule has 1 aliphatic carbocycles. The zero-order chi connectivity index (χ0) is 27.4. The molecule has 0 radical (unpaired) electrons. The summed E-state index contributed by atoms with van der Waals surface area (Å²) in [6.07, 6.45) is 7.96. The largest absolute Gasteiger partial charge is 0.461 e. The molecule has 37 heavy (non-hydrogen) atoms. The number of hydrogen-bond acceptors (Lipinski definition) is 10. The van der Waals surface area contributed by atoms with Crippen LogP contribution in [0.15, 0.2) is 12.7 Å². The molecule has 2 heterocycles. The Labute approximate surface area is 220 Å². The van der Waals surface area contributed by atoms with E-state index >= 15 is 0 Å². The van der Waals surface area contributed by atoms with Gasteiger partial charge in [0.1, 0.15) is 29.8 Å². The lowest BCUT2D eigenvalue weighted by Gasteiger charge is -2.47. The van der Waals surface area contributed by atoms with Crippen LogP contribution in [-0.4, -0.2) is 61.4 Å². The third-order valence-electron chi connectivity index (χ3n) is 7.11. The van der Waals surface area contributed by atoms with Crippen LogP contribution in [0.5, 0.6) is 0 Å². The summed E-state index contributed by atoms with van der Waals surface area (Å²) < 4.78 is 13.9. The zero-order valence-electron chi connectivity index (χ0n) is 23.1. The number of aromatic nitrogens is 4. The number of ether oxygens (including phenoxy) is 2. The van der Waals surface area contributed by atoms with Crippen molar-refractivity contribution in [3.63, 3.8) is 0 Å². The maximum absolute atomic E-state index is 13.1. The molecule has 1 saturated carbocycles. The molecule has 11 nitrogen and oxygen atoms in total.